The monoisotopic (exact) mass is 158 g/mol. The third-order valence-electron chi connectivity index (χ3n) is 1.31. The fourth-order valence-electron chi connectivity index (χ4n) is 0.714. The van der Waals surface area contributed by atoms with Gasteiger partial charge in [-0.25, -0.2) is 0 Å². The molecule has 3 heteroatoms. The molecule has 1 amide bonds. The molecule has 0 rings (SSSR count). The predicted octanol–water partition coefficient (Wildman–Crippen LogP) is 0.489. The quantitative estimate of drug-likeness (QED) is 0.553. The minimum absolute atomic E-state index is 0.0536. The minimum Gasteiger partial charge on any atom is -0.396 e. The Kier molecular flexibility index (Phi) is 7.15. The van der Waals surface area contributed by atoms with E-state index in [1.165, 1.54) is 0 Å². The van der Waals surface area contributed by atoms with Gasteiger partial charge in [0.25, 0.3) is 0 Å². The molecule has 3 nitrogen and oxygen atoms in total. The van der Waals surface area contributed by atoms with Crippen LogP contribution in [-0.2, 0) is 4.79 Å². The van der Waals surface area contributed by atoms with Crippen molar-refractivity contribution in [1.29, 1.82) is 0 Å². The van der Waals surface area contributed by atoms with Crippen LogP contribution in [0.3, 0.4) is 0 Å². The fourth-order valence-corrected chi connectivity index (χ4v) is 0.714. The first kappa shape index (κ1) is 10.4. The van der Waals surface area contributed by atoms with E-state index >= 15 is 0 Å². The molecule has 0 saturated heterocycles. The number of unbranched alkanes of at least 4 members (excludes halogenated alkanes) is 1. The van der Waals surface area contributed by atoms with Crippen LogP contribution in [0.1, 0.15) is 25.7 Å². The Morgan fingerprint density at radius 3 is 2.73 bits per heavy atom. The Bertz CT molecular complexity index is 104. The van der Waals surface area contributed by atoms with Gasteiger partial charge < -0.3 is 10.4 Å². The first-order valence-corrected chi connectivity index (χ1v) is 3.98. The molecular weight excluding hydrogens is 142 g/mol. The SMILES string of the molecule is [CH2]CCC(=O)NCCCCO. The van der Waals surface area contributed by atoms with Gasteiger partial charge in [-0.2, -0.15) is 0 Å². The average Bonchev–Trinajstić information content (AvgIpc) is 1.99. The molecule has 11 heavy (non-hydrogen) atoms. The number of nitrogens with one attached hydrogen (secondary N) is 1. The van der Waals surface area contributed by atoms with Gasteiger partial charge >= 0.3 is 0 Å². The lowest BCUT2D eigenvalue weighted by molar-refractivity contribution is -0.121. The number of amides is 1. The second kappa shape index (κ2) is 7.54. The second-order valence-corrected chi connectivity index (χ2v) is 2.38. The van der Waals surface area contributed by atoms with Crippen LogP contribution >= 0.6 is 0 Å². The van der Waals surface area contributed by atoms with Crippen LogP contribution in [0, 0.1) is 6.92 Å². The Balaban J connectivity index is 3.04. The van der Waals surface area contributed by atoms with E-state index in [0.717, 1.165) is 12.8 Å². The van der Waals surface area contributed by atoms with Gasteiger partial charge in [-0.1, -0.05) is 6.92 Å². The van der Waals surface area contributed by atoms with Crippen molar-refractivity contribution in [3.8, 4) is 0 Å². The van der Waals surface area contributed by atoms with Crippen LogP contribution < -0.4 is 5.32 Å². The highest BCUT2D eigenvalue weighted by atomic mass is 16.2. The standard InChI is InChI=1S/C8H16NO2/c1-2-5-8(11)9-6-3-4-7-10/h10H,1-7H2,(H,9,11). The lowest BCUT2D eigenvalue weighted by Gasteiger charge is -2.01. The van der Waals surface area contributed by atoms with Crippen LogP contribution in [0.2, 0.25) is 0 Å². The molecule has 0 aromatic rings. The third-order valence-corrected chi connectivity index (χ3v) is 1.31. The molecule has 0 atom stereocenters. The highest BCUT2D eigenvalue weighted by Gasteiger charge is 1.96. The summed E-state index contributed by atoms with van der Waals surface area (Å²) in [6.07, 6.45) is 2.75. The number of hydrogen-bond donors (Lipinski definition) is 2. The number of carbonyl (C=O) groups is 1. The highest BCUT2D eigenvalue weighted by molar-refractivity contribution is 5.75. The summed E-state index contributed by atoms with van der Waals surface area (Å²) in [6.45, 7) is 4.43. The molecule has 1 radical (unpaired) electrons. The predicted molar refractivity (Wildman–Crippen MR) is 43.9 cm³/mol. The van der Waals surface area contributed by atoms with Gasteiger partial charge in [-0.05, 0) is 19.3 Å². The van der Waals surface area contributed by atoms with Crippen molar-refractivity contribution in [2.24, 2.45) is 0 Å². The second-order valence-electron chi connectivity index (χ2n) is 2.38. The molecule has 0 unspecified atom stereocenters. The van der Waals surface area contributed by atoms with Crippen molar-refractivity contribution in [2.45, 2.75) is 25.7 Å². The molecule has 0 saturated carbocycles. The maximum atomic E-state index is 10.8. The molecule has 0 aliphatic rings. The minimum atomic E-state index is 0.0536. The number of aliphatic hydroxyl groups is 1. The van der Waals surface area contributed by atoms with Gasteiger partial charge in [-0.15, -0.1) is 0 Å². The zero-order chi connectivity index (χ0) is 8.53. The molecule has 0 aliphatic carbocycles. The average molecular weight is 158 g/mol. The molecule has 0 aromatic carbocycles. The summed E-state index contributed by atoms with van der Waals surface area (Å²) in [5.74, 6) is 0.0536. The molecule has 0 aliphatic heterocycles. The summed E-state index contributed by atoms with van der Waals surface area (Å²) in [6, 6.07) is 0. The van der Waals surface area contributed by atoms with Crippen LogP contribution in [0.4, 0.5) is 0 Å². The van der Waals surface area contributed by atoms with Gasteiger partial charge in [-0.3, -0.25) is 4.79 Å². The Morgan fingerprint density at radius 2 is 2.18 bits per heavy atom. The first-order valence-electron chi connectivity index (χ1n) is 3.98. The summed E-state index contributed by atoms with van der Waals surface area (Å²) in [5, 5.41) is 11.1. The molecule has 0 heterocycles. The molecule has 0 spiro atoms. The van der Waals surface area contributed by atoms with Crippen LogP contribution in [0.15, 0.2) is 0 Å². The van der Waals surface area contributed by atoms with Crippen LogP contribution in [0.25, 0.3) is 0 Å². The maximum absolute atomic E-state index is 10.8. The number of hydrogen-bond acceptors (Lipinski definition) is 2. The van der Waals surface area contributed by atoms with Crippen molar-refractivity contribution in [3.63, 3.8) is 0 Å². The first-order chi connectivity index (χ1) is 5.31. The Morgan fingerprint density at radius 1 is 1.45 bits per heavy atom. The summed E-state index contributed by atoms with van der Waals surface area (Å²) in [5.41, 5.74) is 0. The van der Waals surface area contributed by atoms with E-state index in [-0.39, 0.29) is 12.5 Å². The van der Waals surface area contributed by atoms with E-state index in [4.69, 9.17) is 5.11 Å². The van der Waals surface area contributed by atoms with E-state index in [2.05, 4.69) is 12.2 Å². The van der Waals surface area contributed by atoms with E-state index in [9.17, 15) is 4.79 Å². The van der Waals surface area contributed by atoms with Gasteiger partial charge in [0.1, 0.15) is 0 Å². The normalized spacial score (nSPS) is 9.64. The van der Waals surface area contributed by atoms with E-state index in [0.29, 0.717) is 19.4 Å². The molecule has 65 valence electrons. The highest BCUT2D eigenvalue weighted by Crippen LogP contribution is 1.87. The van der Waals surface area contributed by atoms with Gasteiger partial charge in [0, 0.05) is 19.6 Å². The zero-order valence-electron chi connectivity index (χ0n) is 6.81. The van der Waals surface area contributed by atoms with E-state index in [1.807, 2.05) is 0 Å². The van der Waals surface area contributed by atoms with Crippen molar-refractivity contribution in [2.75, 3.05) is 13.2 Å². The maximum Gasteiger partial charge on any atom is 0.219 e. The molecule has 2 N–H and O–H groups in total. The van der Waals surface area contributed by atoms with E-state index < -0.39 is 0 Å². The molecule has 0 bridgehead atoms. The number of carbonyl (C=O) groups excluding carboxylic acids is 1. The lowest BCUT2D eigenvalue weighted by Crippen LogP contribution is -2.23. The summed E-state index contributed by atoms with van der Waals surface area (Å²) in [7, 11) is 0. The Hall–Kier alpha value is -0.570. The van der Waals surface area contributed by atoms with Gasteiger partial charge in [0.2, 0.25) is 5.91 Å². The molecular formula is C8H16NO2. The van der Waals surface area contributed by atoms with Gasteiger partial charge in [0.05, 0.1) is 0 Å². The lowest BCUT2D eigenvalue weighted by atomic mass is 10.3. The van der Waals surface area contributed by atoms with E-state index in [1.54, 1.807) is 0 Å². The smallest absolute Gasteiger partial charge is 0.219 e. The van der Waals surface area contributed by atoms with Crippen molar-refractivity contribution in [1.82, 2.24) is 5.32 Å². The van der Waals surface area contributed by atoms with Crippen molar-refractivity contribution < 1.29 is 9.90 Å². The third kappa shape index (κ3) is 7.33. The molecule has 0 aromatic heterocycles. The number of aliphatic hydroxyl groups excluding tert-OH is 1. The number of rotatable bonds is 6. The Labute approximate surface area is 67.8 Å². The van der Waals surface area contributed by atoms with Crippen molar-refractivity contribution in [3.05, 3.63) is 6.92 Å². The summed E-state index contributed by atoms with van der Waals surface area (Å²) >= 11 is 0. The van der Waals surface area contributed by atoms with Gasteiger partial charge in [0.15, 0.2) is 0 Å². The largest absolute Gasteiger partial charge is 0.396 e. The van der Waals surface area contributed by atoms with Crippen molar-refractivity contribution >= 4 is 5.91 Å². The fraction of sp³-hybridized carbons (Fsp3) is 0.750. The summed E-state index contributed by atoms with van der Waals surface area (Å²) in [4.78, 5) is 10.8. The molecule has 0 fully saturated rings. The zero-order valence-corrected chi connectivity index (χ0v) is 6.81. The summed E-state index contributed by atoms with van der Waals surface area (Å²) < 4.78 is 0. The van der Waals surface area contributed by atoms with Crippen LogP contribution in [0.5, 0.6) is 0 Å². The van der Waals surface area contributed by atoms with Crippen LogP contribution in [-0.4, -0.2) is 24.2 Å². The topological polar surface area (TPSA) is 49.3 Å².